The average molecular weight is 162 g/mol. The molecule has 0 heterocycles. The van der Waals surface area contributed by atoms with E-state index in [-0.39, 0.29) is 0 Å². The highest BCUT2D eigenvalue weighted by Crippen LogP contribution is 2.23. The SMILES string of the molecule is CCN(Cl)C1CCCCC1. The van der Waals surface area contributed by atoms with Crippen LogP contribution in [0.15, 0.2) is 0 Å². The normalized spacial score (nSPS) is 21.9. The van der Waals surface area contributed by atoms with Crippen LogP contribution in [-0.2, 0) is 0 Å². The smallest absolute Gasteiger partial charge is 0.0251 e. The standard InChI is InChI=1S/C8H16ClN/c1-2-10(9)8-6-4-3-5-7-8/h8H,2-7H2,1H3. The van der Waals surface area contributed by atoms with Crippen molar-refractivity contribution in [2.45, 2.75) is 45.1 Å². The molecule has 0 amide bonds. The zero-order chi connectivity index (χ0) is 7.40. The van der Waals surface area contributed by atoms with Crippen molar-refractivity contribution in [2.24, 2.45) is 0 Å². The first-order valence-corrected chi connectivity index (χ1v) is 4.61. The Labute approximate surface area is 68.5 Å². The Balaban J connectivity index is 2.24. The zero-order valence-electron chi connectivity index (χ0n) is 6.65. The monoisotopic (exact) mass is 161 g/mol. The molecular formula is C8H16ClN. The summed E-state index contributed by atoms with van der Waals surface area (Å²) >= 11 is 5.98. The van der Waals surface area contributed by atoms with Crippen LogP contribution in [0.25, 0.3) is 0 Å². The van der Waals surface area contributed by atoms with Crippen LogP contribution in [0.3, 0.4) is 0 Å². The lowest BCUT2D eigenvalue weighted by Gasteiger charge is -2.27. The quantitative estimate of drug-likeness (QED) is 0.563. The van der Waals surface area contributed by atoms with Crippen LogP contribution >= 0.6 is 11.8 Å². The highest BCUT2D eigenvalue weighted by molar-refractivity contribution is 6.13. The fourth-order valence-electron chi connectivity index (χ4n) is 1.62. The number of rotatable bonds is 2. The van der Waals surface area contributed by atoms with Crippen molar-refractivity contribution in [2.75, 3.05) is 6.54 Å². The lowest BCUT2D eigenvalue weighted by Crippen LogP contribution is -2.28. The predicted octanol–water partition coefficient (Wildman–Crippen LogP) is 2.79. The van der Waals surface area contributed by atoms with Crippen LogP contribution in [0.5, 0.6) is 0 Å². The van der Waals surface area contributed by atoms with Gasteiger partial charge in [-0.15, -0.1) is 0 Å². The molecule has 0 aromatic rings. The Morgan fingerprint density at radius 3 is 2.40 bits per heavy atom. The fourth-order valence-corrected chi connectivity index (χ4v) is 1.81. The van der Waals surface area contributed by atoms with Gasteiger partial charge in [0.25, 0.3) is 0 Å². The zero-order valence-corrected chi connectivity index (χ0v) is 7.40. The Kier molecular flexibility index (Phi) is 3.50. The second-order valence-electron chi connectivity index (χ2n) is 3.01. The van der Waals surface area contributed by atoms with Gasteiger partial charge in [0.05, 0.1) is 0 Å². The van der Waals surface area contributed by atoms with E-state index in [1.807, 2.05) is 4.42 Å². The molecule has 1 nitrogen and oxygen atoms in total. The van der Waals surface area contributed by atoms with Crippen LogP contribution in [0.2, 0.25) is 0 Å². The van der Waals surface area contributed by atoms with Gasteiger partial charge < -0.3 is 0 Å². The third kappa shape index (κ3) is 2.14. The third-order valence-corrected chi connectivity index (χ3v) is 2.79. The summed E-state index contributed by atoms with van der Waals surface area (Å²) in [5, 5.41) is 0. The second-order valence-corrected chi connectivity index (χ2v) is 3.44. The predicted molar refractivity (Wildman–Crippen MR) is 45.1 cm³/mol. The number of halogens is 1. The maximum Gasteiger partial charge on any atom is 0.0251 e. The van der Waals surface area contributed by atoms with Gasteiger partial charge >= 0.3 is 0 Å². The van der Waals surface area contributed by atoms with Crippen LogP contribution < -0.4 is 0 Å². The molecule has 0 N–H and O–H groups in total. The molecule has 0 saturated heterocycles. The first-order valence-electron chi connectivity index (χ1n) is 4.27. The number of nitrogens with zero attached hydrogens (tertiary/aromatic N) is 1. The van der Waals surface area contributed by atoms with E-state index in [1.54, 1.807) is 0 Å². The maximum absolute atomic E-state index is 5.98. The van der Waals surface area contributed by atoms with Crippen LogP contribution in [-0.4, -0.2) is 17.0 Å². The molecule has 1 fully saturated rings. The molecule has 0 aromatic carbocycles. The summed E-state index contributed by atoms with van der Waals surface area (Å²) in [6, 6.07) is 0.667. The summed E-state index contributed by atoms with van der Waals surface area (Å²) in [7, 11) is 0. The molecule has 1 rings (SSSR count). The van der Waals surface area contributed by atoms with Gasteiger partial charge in [-0.1, -0.05) is 26.2 Å². The Bertz CT molecular complexity index is 89.3. The van der Waals surface area contributed by atoms with E-state index in [9.17, 15) is 0 Å². The van der Waals surface area contributed by atoms with Gasteiger partial charge in [-0.25, -0.2) is 4.42 Å². The van der Waals surface area contributed by atoms with Gasteiger partial charge in [0.1, 0.15) is 0 Å². The van der Waals surface area contributed by atoms with Crippen molar-refractivity contribution in [3.63, 3.8) is 0 Å². The summed E-state index contributed by atoms with van der Waals surface area (Å²) in [5.41, 5.74) is 0. The topological polar surface area (TPSA) is 3.24 Å². The van der Waals surface area contributed by atoms with Gasteiger partial charge in [0.2, 0.25) is 0 Å². The van der Waals surface area contributed by atoms with E-state index in [1.165, 1.54) is 32.1 Å². The van der Waals surface area contributed by atoms with Crippen molar-refractivity contribution in [3.05, 3.63) is 0 Å². The van der Waals surface area contributed by atoms with Crippen LogP contribution in [0, 0.1) is 0 Å². The number of hydrogen-bond acceptors (Lipinski definition) is 1. The molecule has 0 aliphatic heterocycles. The summed E-state index contributed by atoms with van der Waals surface area (Å²) < 4.78 is 1.96. The van der Waals surface area contributed by atoms with Crippen LogP contribution in [0.4, 0.5) is 0 Å². The second kappa shape index (κ2) is 4.20. The van der Waals surface area contributed by atoms with Gasteiger partial charge in [0, 0.05) is 12.6 Å². The van der Waals surface area contributed by atoms with Gasteiger partial charge in [-0.2, -0.15) is 0 Å². The molecule has 0 aromatic heterocycles. The average Bonchev–Trinajstić information content (AvgIpc) is 2.05. The van der Waals surface area contributed by atoms with E-state index in [2.05, 4.69) is 6.92 Å². The largest absolute Gasteiger partial charge is 0.217 e. The third-order valence-electron chi connectivity index (χ3n) is 2.27. The van der Waals surface area contributed by atoms with Crippen molar-refractivity contribution in [1.82, 2.24) is 4.42 Å². The molecule has 1 aliphatic carbocycles. The molecule has 0 radical (unpaired) electrons. The minimum atomic E-state index is 0.667. The molecule has 0 bridgehead atoms. The first kappa shape index (κ1) is 8.35. The molecule has 2 heteroatoms. The molecule has 0 unspecified atom stereocenters. The Morgan fingerprint density at radius 2 is 1.90 bits per heavy atom. The highest BCUT2D eigenvalue weighted by atomic mass is 35.5. The highest BCUT2D eigenvalue weighted by Gasteiger charge is 2.17. The van der Waals surface area contributed by atoms with Crippen molar-refractivity contribution in [3.8, 4) is 0 Å². The molecule has 0 spiro atoms. The van der Waals surface area contributed by atoms with Gasteiger partial charge in [-0.3, -0.25) is 0 Å². The minimum Gasteiger partial charge on any atom is -0.217 e. The van der Waals surface area contributed by atoms with Crippen LogP contribution in [0.1, 0.15) is 39.0 Å². The lowest BCUT2D eigenvalue weighted by molar-refractivity contribution is 0.272. The van der Waals surface area contributed by atoms with Crippen molar-refractivity contribution < 1.29 is 0 Å². The molecule has 10 heavy (non-hydrogen) atoms. The van der Waals surface area contributed by atoms with E-state index in [0.717, 1.165) is 6.54 Å². The molecular weight excluding hydrogens is 146 g/mol. The molecule has 1 saturated carbocycles. The Morgan fingerprint density at radius 1 is 1.30 bits per heavy atom. The van der Waals surface area contributed by atoms with Crippen molar-refractivity contribution in [1.29, 1.82) is 0 Å². The lowest BCUT2D eigenvalue weighted by atomic mass is 9.95. The van der Waals surface area contributed by atoms with Gasteiger partial charge in [-0.05, 0) is 24.6 Å². The van der Waals surface area contributed by atoms with E-state index < -0.39 is 0 Å². The number of hydrogen-bond donors (Lipinski definition) is 0. The van der Waals surface area contributed by atoms with E-state index in [0.29, 0.717) is 6.04 Å². The maximum atomic E-state index is 5.98. The van der Waals surface area contributed by atoms with Crippen molar-refractivity contribution >= 4 is 11.8 Å². The van der Waals surface area contributed by atoms with E-state index in [4.69, 9.17) is 11.8 Å². The van der Waals surface area contributed by atoms with E-state index >= 15 is 0 Å². The minimum absolute atomic E-state index is 0.667. The summed E-state index contributed by atoms with van der Waals surface area (Å²) in [6.45, 7) is 3.09. The summed E-state index contributed by atoms with van der Waals surface area (Å²) in [6.07, 6.45) is 6.75. The summed E-state index contributed by atoms with van der Waals surface area (Å²) in [5.74, 6) is 0. The van der Waals surface area contributed by atoms with Gasteiger partial charge in [0.15, 0.2) is 0 Å². The molecule has 60 valence electrons. The first-order chi connectivity index (χ1) is 4.84. The summed E-state index contributed by atoms with van der Waals surface area (Å²) in [4.78, 5) is 0. The molecule has 0 atom stereocenters. The Hall–Kier alpha value is 0.250. The molecule has 1 aliphatic rings. The fraction of sp³-hybridized carbons (Fsp3) is 1.00.